The summed E-state index contributed by atoms with van der Waals surface area (Å²) in [7, 11) is 1.30. The molecule has 0 aliphatic carbocycles. The summed E-state index contributed by atoms with van der Waals surface area (Å²) in [5.74, 6) is -2.57. The molecular weight excluding hydrogens is 384 g/mol. The summed E-state index contributed by atoms with van der Waals surface area (Å²) in [6, 6.07) is 7.06. The fourth-order valence-electron chi connectivity index (χ4n) is 3.24. The third-order valence-electron chi connectivity index (χ3n) is 4.41. The monoisotopic (exact) mass is 408 g/mol. The van der Waals surface area contributed by atoms with Gasteiger partial charge in [-0.3, -0.25) is 9.79 Å². The number of nitrogens with two attached hydrogens (primary N) is 1. The molecule has 0 aromatic heterocycles. The predicted octanol–water partition coefficient (Wildman–Crippen LogP) is 2.48. The lowest BCUT2D eigenvalue weighted by Crippen LogP contribution is -2.37. The fourth-order valence-corrected chi connectivity index (χ4v) is 3.50. The fraction of sp³-hybridized carbons (Fsp3) is 0.450. The highest BCUT2D eigenvalue weighted by Crippen LogP contribution is 2.42. The van der Waals surface area contributed by atoms with Crippen LogP contribution in [0.2, 0.25) is 5.02 Å². The van der Waals surface area contributed by atoms with Gasteiger partial charge in [-0.1, -0.05) is 29.8 Å². The van der Waals surface area contributed by atoms with E-state index in [1.807, 2.05) is 0 Å². The molecule has 0 saturated carbocycles. The van der Waals surface area contributed by atoms with Crippen LogP contribution in [0.15, 0.2) is 40.5 Å². The third kappa shape index (κ3) is 4.79. The summed E-state index contributed by atoms with van der Waals surface area (Å²) >= 11 is 6.43. The number of esters is 2. The maximum absolute atomic E-state index is 12.9. The molecule has 2 N–H and O–H groups in total. The summed E-state index contributed by atoms with van der Waals surface area (Å²) in [6.45, 7) is 4.32. The Morgan fingerprint density at radius 3 is 2.61 bits per heavy atom. The summed E-state index contributed by atoms with van der Waals surface area (Å²) in [6.07, 6.45) is 0. The lowest BCUT2D eigenvalue weighted by atomic mass is 9.75. The van der Waals surface area contributed by atoms with Gasteiger partial charge in [0.25, 0.3) is 0 Å². The average Bonchev–Trinajstić information content (AvgIpc) is 2.67. The largest absolute Gasteiger partial charge is 0.468 e. The first-order chi connectivity index (χ1) is 13.5. The summed E-state index contributed by atoms with van der Waals surface area (Å²) in [5.41, 5.74) is 7.25. The first-order valence-electron chi connectivity index (χ1n) is 9.01. The zero-order valence-corrected chi connectivity index (χ0v) is 17.0. The number of hydrogen-bond donors (Lipinski definition) is 1. The van der Waals surface area contributed by atoms with E-state index >= 15 is 0 Å². The zero-order valence-electron chi connectivity index (χ0n) is 16.2. The van der Waals surface area contributed by atoms with Gasteiger partial charge in [0.2, 0.25) is 0 Å². The smallest absolute Gasteiger partial charge is 0.336 e. The number of aliphatic imine (C=N–C) groups is 1. The summed E-state index contributed by atoms with van der Waals surface area (Å²) < 4.78 is 15.8. The van der Waals surface area contributed by atoms with Gasteiger partial charge in [-0.25, -0.2) is 4.79 Å². The highest BCUT2D eigenvalue weighted by atomic mass is 35.5. The van der Waals surface area contributed by atoms with Crippen LogP contribution >= 0.6 is 11.6 Å². The van der Waals surface area contributed by atoms with Crippen LogP contribution in [-0.4, -0.2) is 51.1 Å². The van der Waals surface area contributed by atoms with Crippen molar-refractivity contribution in [1.29, 1.82) is 0 Å². The van der Waals surface area contributed by atoms with Crippen molar-refractivity contribution in [3.63, 3.8) is 0 Å². The molecule has 2 rings (SSSR count). The zero-order chi connectivity index (χ0) is 20.7. The van der Waals surface area contributed by atoms with E-state index in [4.69, 9.17) is 31.5 Å². The second-order valence-electron chi connectivity index (χ2n) is 6.18. The number of benzene rings is 1. The van der Waals surface area contributed by atoms with E-state index in [0.717, 1.165) is 0 Å². The van der Waals surface area contributed by atoms with Crippen LogP contribution in [0.25, 0.3) is 0 Å². The van der Waals surface area contributed by atoms with Crippen molar-refractivity contribution < 1.29 is 23.8 Å². The van der Waals surface area contributed by atoms with Gasteiger partial charge in [0.15, 0.2) is 0 Å². The van der Waals surface area contributed by atoms with Gasteiger partial charge >= 0.3 is 11.9 Å². The van der Waals surface area contributed by atoms with E-state index < -0.39 is 23.8 Å². The molecule has 1 unspecified atom stereocenters. The third-order valence-corrected chi connectivity index (χ3v) is 4.75. The van der Waals surface area contributed by atoms with Crippen molar-refractivity contribution in [1.82, 2.24) is 0 Å². The number of nitrogens with zero attached hydrogens (tertiary/aromatic N) is 1. The molecule has 152 valence electrons. The number of hydrogen-bond acceptors (Lipinski definition) is 7. The summed E-state index contributed by atoms with van der Waals surface area (Å²) in [4.78, 5) is 30.0. The number of rotatable bonds is 8. The van der Waals surface area contributed by atoms with Crippen LogP contribution in [-0.2, 0) is 23.8 Å². The Kier molecular flexibility index (Phi) is 8.17. The van der Waals surface area contributed by atoms with Crippen LogP contribution < -0.4 is 5.73 Å². The second kappa shape index (κ2) is 10.4. The predicted molar refractivity (Wildman–Crippen MR) is 106 cm³/mol. The molecule has 0 amide bonds. The normalized spacial score (nSPS) is 19.2. The molecule has 1 aromatic rings. The molecule has 1 aromatic carbocycles. The van der Waals surface area contributed by atoms with Crippen LogP contribution in [0, 0.1) is 5.92 Å². The molecule has 2 atom stereocenters. The van der Waals surface area contributed by atoms with Crippen molar-refractivity contribution in [2.75, 3.05) is 33.5 Å². The van der Waals surface area contributed by atoms with E-state index in [-0.39, 0.29) is 18.8 Å². The van der Waals surface area contributed by atoms with Crippen molar-refractivity contribution in [2.45, 2.75) is 19.8 Å². The Hall–Kier alpha value is -2.22. The van der Waals surface area contributed by atoms with Gasteiger partial charge in [-0.15, -0.1) is 0 Å². The Morgan fingerprint density at radius 2 is 2.00 bits per heavy atom. The molecule has 1 aliphatic rings. The van der Waals surface area contributed by atoms with E-state index in [2.05, 4.69) is 4.99 Å². The van der Waals surface area contributed by atoms with Crippen LogP contribution in [0.1, 0.15) is 25.3 Å². The molecule has 0 spiro atoms. The van der Waals surface area contributed by atoms with Gasteiger partial charge < -0.3 is 19.9 Å². The van der Waals surface area contributed by atoms with Crippen molar-refractivity contribution >= 4 is 29.3 Å². The highest BCUT2D eigenvalue weighted by molar-refractivity contribution is 6.31. The quantitative estimate of drug-likeness (QED) is 0.524. The Balaban J connectivity index is 2.67. The lowest BCUT2D eigenvalue weighted by Gasteiger charge is -2.32. The Morgan fingerprint density at radius 1 is 1.29 bits per heavy atom. The standard InChI is InChI=1S/C20H25ClN2O5/c1-4-28-20(25)18-15(11-27-10-9-22)23-12(2)16(19(24)26-3)17(18)13-7-5-6-8-14(13)21/h5-8,16-17H,4,9-11,22H2,1-3H3/t16?,17-/m1/s1. The molecule has 0 fully saturated rings. The molecule has 8 heteroatoms. The molecule has 7 nitrogen and oxygen atoms in total. The maximum atomic E-state index is 12.9. The maximum Gasteiger partial charge on any atom is 0.336 e. The first kappa shape index (κ1) is 22.1. The molecule has 28 heavy (non-hydrogen) atoms. The molecule has 1 heterocycles. The molecule has 0 bridgehead atoms. The van der Waals surface area contributed by atoms with Gasteiger partial charge in [0.1, 0.15) is 5.92 Å². The molecule has 0 saturated heterocycles. The Bertz CT molecular complexity index is 791. The minimum atomic E-state index is -0.803. The van der Waals surface area contributed by atoms with E-state index in [1.54, 1.807) is 38.1 Å². The second-order valence-corrected chi connectivity index (χ2v) is 6.58. The van der Waals surface area contributed by atoms with Crippen molar-refractivity contribution in [2.24, 2.45) is 16.6 Å². The number of carbonyl (C=O) groups is 2. The Labute approximate surface area is 169 Å². The number of ether oxygens (including phenoxy) is 3. The topological polar surface area (TPSA) is 100 Å². The van der Waals surface area contributed by atoms with Gasteiger partial charge in [0, 0.05) is 23.2 Å². The van der Waals surface area contributed by atoms with Crippen molar-refractivity contribution in [3.05, 3.63) is 46.1 Å². The van der Waals surface area contributed by atoms with E-state index in [1.165, 1.54) is 7.11 Å². The average molecular weight is 409 g/mol. The van der Waals surface area contributed by atoms with Gasteiger partial charge in [-0.2, -0.15) is 0 Å². The van der Waals surface area contributed by atoms with E-state index in [0.29, 0.717) is 35.1 Å². The minimum Gasteiger partial charge on any atom is -0.468 e. The number of halogens is 1. The summed E-state index contributed by atoms with van der Waals surface area (Å²) in [5, 5.41) is 0.431. The highest BCUT2D eigenvalue weighted by Gasteiger charge is 2.43. The van der Waals surface area contributed by atoms with Crippen molar-refractivity contribution in [3.8, 4) is 0 Å². The lowest BCUT2D eigenvalue weighted by molar-refractivity contribution is -0.144. The molecule has 0 radical (unpaired) electrons. The van der Waals surface area contributed by atoms with Crippen LogP contribution in [0.4, 0.5) is 0 Å². The van der Waals surface area contributed by atoms with Crippen LogP contribution in [0.3, 0.4) is 0 Å². The van der Waals surface area contributed by atoms with Gasteiger partial charge in [0.05, 0.1) is 38.2 Å². The molecular formula is C20H25ClN2O5. The number of carbonyl (C=O) groups excluding carboxylic acids is 2. The molecule has 1 aliphatic heterocycles. The SMILES string of the molecule is CCOC(=O)C1=C(COCCN)N=C(C)C(C(=O)OC)[C@H]1c1ccccc1Cl. The van der Waals surface area contributed by atoms with E-state index in [9.17, 15) is 9.59 Å². The number of methoxy groups -OCH3 is 1. The van der Waals surface area contributed by atoms with Crippen LogP contribution in [0.5, 0.6) is 0 Å². The first-order valence-corrected chi connectivity index (χ1v) is 9.39. The minimum absolute atomic E-state index is 0.0670. The van der Waals surface area contributed by atoms with Gasteiger partial charge in [-0.05, 0) is 25.5 Å².